The fourth-order valence-electron chi connectivity index (χ4n) is 2.95. The van der Waals surface area contributed by atoms with E-state index in [-0.39, 0.29) is 5.54 Å². The highest BCUT2D eigenvalue weighted by molar-refractivity contribution is 6.30. The van der Waals surface area contributed by atoms with Crippen LogP contribution in [0, 0.1) is 0 Å². The van der Waals surface area contributed by atoms with E-state index < -0.39 is 0 Å². The lowest BCUT2D eigenvalue weighted by molar-refractivity contribution is 0.227. The number of anilines is 1. The fourth-order valence-corrected chi connectivity index (χ4v) is 3.08. The molecule has 1 saturated heterocycles. The average Bonchev–Trinajstić information content (AvgIpc) is 2.65. The molecule has 4 heteroatoms. The number of nitrogens with one attached hydrogen (secondary N) is 1. The number of hydrogen-bond acceptors (Lipinski definition) is 3. The zero-order valence-electron chi connectivity index (χ0n) is 12.5. The molecule has 0 bridgehead atoms. The number of rotatable bonds is 4. The second-order valence-corrected chi connectivity index (χ2v) is 6.54. The summed E-state index contributed by atoms with van der Waals surface area (Å²) in [4.78, 5) is 2.54. The van der Waals surface area contributed by atoms with E-state index in [9.17, 15) is 0 Å². The SMILES string of the molecule is CC(C)N1CCCC(CN)(Nc2ccc(Cl)cc2)CC1. The molecule has 3 N–H and O–H groups in total. The van der Waals surface area contributed by atoms with Gasteiger partial charge < -0.3 is 16.0 Å². The van der Waals surface area contributed by atoms with Gasteiger partial charge in [0.2, 0.25) is 0 Å². The summed E-state index contributed by atoms with van der Waals surface area (Å²) in [5, 5.41) is 4.43. The van der Waals surface area contributed by atoms with Gasteiger partial charge in [-0.05, 0) is 63.9 Å². The Balaban J connectivity index is 2.07. The van der Waals surface area contributed by atoms with Crippen molar-refractivity contribution in [3.8, 4) is 0 Å². The molecule has 0 saturated carbocycles. The Morgan fingerprint density at radius 1 is 1.25 bits per heavy atom. The number of benzene rings is 1. The third-order valence-electron chi connectivity index (χ3n) is 4.35. The summed E-state index contributed by atoms with van der Waals surface area (Å²) in [5.41, 5.74) is 7.22. The Hall–Kier alpha value is -0.770. The van der Waals surface area contributed by atoms with E-state index in [1.54, 1.807) is 0 Å². The van der Waals surface area contributed by atoms with E-state index in [0.717, 1.165) is 30.1 Å². The van der Waals surface area contributed by atoms with Crippen LogP contribution in [-0.4, -0.2) is 36.1 Å². The van der Waals surface area contributed by atoms with Crippen LogP contribution in [0.4, 0.5) is 5.69 Å². The van der Waals surface area contributed by atoms with Gasteiger partial charge in [0.15, 0.2) is 0 Å². The maximum Gasteiger partial charge on any atom is 0.0508 e. The molecule has 112 valence electrons. The van der Waals surface area contributed by atoms with Crippen LogP contribution in [0.2, 0.25) is 5.02 Å². The van der Waals surface area contributed by atoms with Gasteiger partial charge in [0.05, 0.1) is 5.54 Å². The molecule has 1 heterocycles. The minimum Gasteiger partial charge on any atom is -0.378 e. The molecule has 2 rings (SSSR count). The minimum atomic E-state index is 0.0114. The Morgan fingerprint density at radius 3 is 2.55 bits per heavy atom. The summed E-state index contributed by atoms with van der Waals surface area (Å²) in [6, 6.07) is 8.52. The summed E-state index contributed by atoms with van der Waals surface area (Å²) in [7, 11) is 0. The van der Waals surface area contributed by atoms with Crippen molar-refractivity contribution >= 4 is 17.3 Å². The molecule has 1 aliphatic heterocycles. The van der Waals surface area contributed by atoms with Gasteiger partial charge in [-0.1, -0.05) is 11.6 Å². The van der Waals surface area contributed by atoms with Crippen molar-refractivity contribution in [2.24, 2.45) is 5.73 Å². The first kappa shape index (κ1) is 15.6. The molecule has 1 aromatic rings. The van der Waals surface area contributed by atoms with Crippen molar-refractivity contribution in [1.82, 2.24) is 4.90 Å². The van der Waals surface area contributed by atoms with Gasteiger partial charge in [-0.25, -0.2) is 0 Å². The molecule has 20 heavy (non-hydrogen) atoms. The fraction of sp³-hybridized carbons (Fsp3) is 0.625. The summed E-state index contributed by atoms with van der Waals surface area (Å²) in [6.07, 6.45) is 3.40. The number of halogens is 1. The molecule has 1 unspecified atom stereocenters. The second kappa shape index (κ2) is 6.79. The first-order valence-electron chi connectivity index (χ1n) is 7.52. The monoisotopic (exact) mass is 295 g/mol. The van der Waals surface area contributed by atoms with Gasteiger partial charge in [-0.15, -0.1) is 0 Å². The van der Waals surface area contributed by atoms with Crippen molar-refractivity contribution in [3.63, 3.8) is 0 Å². The number of likely N-dealkylation sites (tertiary alicyclic amines) is 1. The normalized spacial score (nSPS) is 24.6. The van der Waals surface area contributed by atoms with Crippen LogP contribution in [0.15, 0.2) is 24.3 Å². The topological polar surface area (TPSA) is 41.3 Å². The zero-order chi connectivity index (χ0) is 14.6. The lowest BCUT2D eigenvalue weighted by Gasteiger charge is -2.34. The summed E-state index contributed by atoms with van der Waals surface area (Å²) >= 11 is 5.94. The maximum absolute atomic E-state index is 6.10. The molecule has 1 aliphatic rings. The molecule has 0 radical (unpaired) electrons. The van der Waals surface area contributed by atoms with Gasteiger partial charge in [0.1, 0.15) is 0 Å². The summed E-state index contributed by atoms with van der Waals surface area (Å²) in [6.45, 7) is 7.48. The molecule has 0 spiro atoms. The average molecular weight is 296 g/mol. The van der Waals surface area contributed by atoms with E-state index in [2.05, 4.69) is 24.1 Å². The largest absolute Gasteiger partial charge is 0.378 e. The summed E-state index contributed by atoms with van der Waals surface area (Å²) < 4.78 is 0. The standard InChI is InChI=1S/C16H26ClN3/c1-13(2)20-10-3-8-16(12-18,9-11-20)19-15-6-4-14(17)5-7-15/h4-7,13,19H,3,8-12,18H2,1-2H3. The van der Waals surface area contributed by atoms with Gasteiger partial charge in [-0.2, -0.15) is 0 Å². The predicted octanol–water partition coefficient (Wildman–Crippen LogP) is 3.34. The Labute approximate surface area is 127 Å². The highest BCUT2D eigenvalue weighted by Crippen LogP contribution is 2.27. The maximum atomic E-state index is 6.10. The van der Waals surface area contributed by atoms with Crippen LogP contribution in [-0.2, 0) is 0 Å². The van der Waals surface area contributed by atoms with Gasteiger partial charge in [-0.3, -0.25) is 0 Å². The minimum absolute atomic E-state index is 0.0114. The first-order chi connectivity index (χ1) is 9.54. The smallest absolute Gasteiger partial charge is 0.0508 e. The van der Waals surface area contributed by atoms with E-state index in [0.29, 0.717) is 12.6 Å². The summed E-state index contributed by atoms with van der Waals surface area (Å²) in [5.74, 6) is 0. The molecule has 1 atom stereocenters. The first-order valence-corrected chi connectivity index (χ1v) is 7.90. The molecular weight excluding hydrogens is 270 g/mol. The third-order valence-corrected chi connectivity index (χ3v) is 4.60. The number of hydrogen-bond donors (Lipinski definition) is 2. The highest BCUT2D eigenvalue weighted by atomic mass is 35.5. The van der Waals surface area contributed by atoms with Gasteiger partial charge in [0.25, 0.3) is 0 Å². The zero-order valence-corrected chi connectivity index (χ0v) is 13.3. The quantitative estimate of drug-likeness (QED) is 0.895. The lowest BCUT2D eigenvalue weighted by Crippen LogP contribution is -2.46. The van der Waals surface area contributed by atoms with Crippen molar-refractivity contribution in [3.05, 3.63) is 29.3 Å². The van der Waals surface area contributed by atoms with Crippen LogP contribution < -0.4 is 11.1 Å². The Morgan fingerprint density at radius 2 is 1.95 bits per heavy atom. The van der Waals surface area contributed by atoms with E-state index in [4.69, 9.17) is 17.3 Å². The van der Waals surface area contributed by atoms with Gasteiger partial charge >= 0.3 is 0 Å². The van der Waals surface area contributed by atoms with Crippen LogP contribution in [0.25, 0.3) is 0 Å². The van der Waals surface area contributed by atoms with E-state index in [1.165, 1.54) is 13.0 Å². The van der Waals surface area contributed by atoms with Crippen LogP contribution in [0.5, 0.6) is 0 Å². The Bertz CT molecular complexity index is 418. The lowest BCUT2D eigenvalue weighted by atomic mass is 9.90. The molecule has 3 nitrogen and oxygen atoms in total. The van der Waals surface area contributed by atoms with Crippen LogP contribution in [0.3, 0.4) is 0 Å². The van der Waals surface area contributed by atoms with Gasteiger partial charge in [0, 0.05) is 29.8 Å². The van der Waals surface area contributed by atoms with Crippen LogP contribution in [0.1, 0.15) is 33.1 Å². The molecular formula is C16H26ClN3. The Kier molecular flexibility index (Phi) is 5.30. The highest BCUT2D eigenvalue weighted by Gasteiger charge is 2.31. The van der Waals surface area contributed by atoms with Crippen molar-refractivity contribution in [1.29, 1.82) is 0 Å². The molecule has 0 aliphatic carbocycles. The predicted molar refractivity (Wildman–Crippen MR) is 87.4 cm³/mol. The van der Waals surface area contributed by atoms with E-state index in [1.807, 2.05) is 24.3 Å². The molecule has 1 aromatic carbocycles. The molecule has 0 aromatic heterocycles. The third kappa shape index (κ3) is 3.87. The second-order valence-electron chi connectivity index (χ2n) is 6.10. The molecule has 0 amide bonds. The van der Waals surface area contributed by atoms with Crippen LogP contribution >= 0.6 is 11.6 Å². The van der Waals surface area contributed by atoms with Crippen molar-refractivity contribution < 1.29 is 0 Å². The number of nitrogens with two attached hydrogens (primary N) is 1. The number of nitrogens with zero attached hydrogens (tertiary/aromatic N) is 1. The van der Waals surface area contributed by atoms with E-state index >= 15 is 0 Å². The van der Waals surface area contributed by atoms with Crippen molar-refractivity contribution in [2.45, 2.75) is 44.7 Å². The molecule has 1 fully saturated rings. The van der Waals surface area contributed by atoms with Crippen molar-refractivity contribution in [2.75, 3.05) is 25.0 Å².